The standard InChI is InChI=1S/C19H28N2O2Si/c1-8-11-22-17-10-9-16-13-20-21(18(16)12-17)14-15(2)23-24(6,7)19(3,4)5/h1,9-10,12-13,15H,11,14H2,2-7H3/t15-/m1/s1. The molecule has 0 saturated heterocycles. The second-order valence-corrected chi connectivity index (χ2v) is 12.5. The molecule has 4 nitrogen and oxygen atoms in total. The van der Waals surface area contributed by atoms with Crippen LogP contribution < -0.4 is 4.74 Å². The molecule has 0 bridgehead atoms. The third-order valence-electron chi connectivity index (χ3n) is 4.67. The molecule has 0 unspecified atom stereocenters. The molecule has 130 valence electrons. The molecule has 0 amide bonds. The van der Waals surface area contributed by atoms with Gasteiger partial charge in [0.05, 0.1) is 24.4 Å². The van der Waals surface area contributed by atoms with Gasteiger partial charge in [-0.1, -0.05) is 26.7 Å². The average Bonchev–Trinajstić information content (AvgIpc) is 2.85. The highest BCUT2D eigenvalue weighted by Gasteiger charge is 2.38. The van der Waals surface area contributed by atoms with Crippen LogP contribution in [0.1, 0.15) is 27.7 Å². The van der Waals surface area contributed by atoms with E-state index in [1.807, 2.05) is 29.1 Å². The number of terminal acetylenes is 1. The lowest BCUT2D eigenvalue weighted by atomic mass is 10.2. The van der Waals surface area contributed by atoms with Gasteiger partial charge in [-0.25, -0.2) is 0 Å². The van der Waals surface area contributed by atoms with Crippen LogP contribution >= 0.6 is 0 Å². The Balaban J connectivity index is 2.16. The summed E-state index contributed by atoms with van der Waals surface area (Å²) in [5.41, 5.74) is 1.04. The number of ether oxygens (including phenoxy) is 1. The first-order valence-electron chi connectivity index (χ1n) is 8.34. The second-order valence-electron chi connectivity index (χ2n) is 7.73. The van der Waals surface area contributed by atoms with Crippen LogP contribution in [-0.4, -0.2) is 30.8 Å². The van der Waals surface area contributed by atoms with E-state index in [1.54, 1.807) is 0 Å². The average molecular weight is 345 g/mol. The topological polar surface area (TPSA) is 36.3 Å². The van der Waals surface area contributed by atoms with Gasteiger partial charge in [-0.2, -0.15) is 5.10 Å². The zero-order valence-electron chi connectivity index (χ0n) is 15.6. The van der Waals surface area contributed by atoms with Crippen molar-refractivity contribution >= 4 is 19.2 Å². The van der Waals surface area contributed by atoms with E-state index in [2.05, 4.69) is 51.8 Å². The molecule has 0 aliphatic rings. The van der Waals surface area contributed by atoms with Crippen molar-refractivity contribution in [2.75, 3.05) is 6.61 Å². The first-order chi connectivity index (χ1) is 11.1. The Hall–Kier alpha value is -1.77. The zero-order valence-corrected chi connectivity index (χ0v) is 16.6. The Kier molecular flexibility index (Phi) is 5.41. The lowest BCUT2D eigenvalue weighted by molar-refractivity contribution is 0.176. The highest BCUT2D eigenvalue weighted by molar-refractivity contribution is 6.74. The number of nitrogens with zero attached hydrogens (tertiary/aromatic N) is 2. The number of hydrogen-bond acceptors (Lipinski definition) is 3. The summed E-state index contributed by atoms with van der Waals surface area (Å²) in [5, 5.41) is 5.79. The van der Waals surface area contributed by atoms with Gasteiger partial charge in [0.2, 0.25) is 0 Å². The van der Waals surface area contributed by atoms with Crippen molar-refractivity contribution < 1.29 is 9.16 Å². The summed E-state index contributed by atoms with van der Waals surface area (Å²) >= 11 is 0. The minimum atomic E-state index is -1.79. The SMILES string of the molecule is C#CCOc1ccc2cnn(C[C@@H](C)O[Si](C)(C)C(C)(C)C)c2c1. The predicted octanol–water partition coefficient (Wildman–Crippen LogP) is 4.46. The summed E-state index contributed by atoms with van der Waals surface area (Å²) in [5.74, 6) is 3.25. The van der Waals surface area contributed by atoms with Gasteiger partial charge in [0, 0.05) is 11.5 Å². The largest absolute Gasteiger partial charge is 0.481 e. The van der Waals surface area contributed by atoms with E-state index < -0.39 is 8.32 Å². The van der Waals surface area contributed by atoms with Gasteiger partial charge in [0.25, 0.3) is 0 Å². The molecule has 1 aromatic heterocycles. The molecule has 2 rings (SSSR count). The summed E-state index contributed by atoms with van der Waals surface area (Å²) in [4.78, 5) is 0. The van der Waals surface area contributed by atoms with E-state index in [9.17, 15) is 0 Å². The van der Waals surface area contributed by atoms with Gasteiger partial charge in [-0.3, -0.25) is 4.68 Å². The molecule has 0 aliphatic heterocycles. The van der Waals surface area contributed by atoms with Crippen molar-refractivity contribution in [2.24, 2.45) is 0 Å². The van der Waals surface area contributed by atoms with Crippen LogP contribution in [-0.2, 0) is 11.0 Å². The quantitative estimate of drug-likeness (QED) is 0.573. The monoisotopic (exact) mass is 344 g/mol. The molecule has 0 fully saturated rings. The molecule has 5 heteroatoms. The van der Waals surface area contributed by atoms with Crippen LogP contribution in [0.3, 0.4) is 0 Å². The molecule has 1 aromatic carbocycles. The van der Waals surface area contributed by atoms with Crippen molar-refractivity contribution in [3.63, 3.8) is 0 Å². The lowest BCUT2D eigenvalue weighted by Gasteiger charge is -2.38. The van der Waals surface area contributed by atoms with E-state index in [0.717, 1.165) is 16.7 Å². The van der Waals surface area contributed by atoms with E-state index in [-0.39, 0.29) is 17.7 Å². The number of benzene rings is 1. The van der Waals surface area contributed by atoms with Crippen LogP contribution in [0.4, 0.5) is 0 Å². The molecule has 0 saturated carbocycles. The highest BCUT2D eigenvalue weighted by Crippen LogP contribution is 2.37. The minimum Gasteiger partial charge on any atom is -0.481 e. The van der Waals surface area contributed by atoms with Crippen LogP contribution in [0, 0.1) is 12.3 Å². The maximum atomic E-state index is 6.44. The van der Waals surface area contributed by atoms with Crippen molar-refractivity contribution in [3.05, 3.63) is 24.4 Å². The number of aromatic nitrogens is 2. The fraction of sp³-hybridized carbons (Fsp3) is 0.526. The highest BCUT2D eigenvalue weighted by atomic mass is 28.4. The van der Waals surface area contributed by atoms with Gasteiger partial charge >= 0.3 is 0 Å². The Morgan fingerprint density at radius 1 is 1.33 bits per heavy atom. The zero-order chi connectivity index (χ0) is 18.0. The maximum absolute atomic E-state index is 6.44. The molecule has 0 aliphatic carbocycles. The van der Waals surface area contributed by atoms with E-state index in [1.165, 1.54) is 0 Å². The van der Waals surface area contributed by atoms with Gasteiger partial charge < -0.3 is 9.16 Å². The van der Waals surface area contributed by atoms with Gasteiger partial charge in [-0.05, 0) is 37.2 Å². The normalized spacial score (nSPS) is 13.7. The Labute approximate surface area is 146 Å². The summed E-state index contributed by atoms with van der Waals surface area (Å²) in [7, 11) is -1.79. The van der Waals surface area contributed by atoms with Crippen LogP contribution in [0.15, 0.2) is 24.4 Å². The van der Waals surface area contributed by atoms with Crippen molar-refractivity contribution in [1.29, 1.82) is 0 Å². The van der Waals surface area contributed by atoms with Crippen LogP contribution in [0.5, 0.6) is 5.75 Å². The molecule has 24 heavy (non-hydrogen) atoms. The third kappa shape index (κ3) is 4.19. The molecule has 1 atom stereocenters. The number of hydrogen-bond donors (Lipinski definition) is 0. The van der Waals surface area contributed by atoms with E-state index in [4.69, 9.17) is 15.6 Å². The Bertz CT molecular complexity index is 738. The molecule has 0 radical (unpaired) electrons. The van der Waals surface area contributed by atoms with E-state index in [0.29, 0.717) is 6.54 Å². The Morgan fingerprint density at radius 2 is 2.04 bits per heavy atom. The van der Waals surface area contributed by atoms with Crippen molar-refractivity contribution in [1.82, 2.24) is 9.78 Å². The smallest absolute Gasteiger partial charge is 0.192 e. The summed E-state index contributed by atoms with van der Waals surface area (Å²) in [6, 6.07) is 5.91. The number of fused-ring (bicyclic) bond motifs is 1. The molecular weight excluding hydrogens is 316 g/mol. The predicted molar refractivity (Wildman–Crippen MR) is 102 cm³/mol. The molecule has 2 aromatic rings. The summed E-state index contributed by atoms with van der Waals surface area (Å²) in [6.45, 7) is 14.4. The second kappa shape index (κ2) is 7.00. The van der Waals surface area contributed by atoms with Gasteiger partial charge in [0.15, 0.2) is 8.32 Å². The third-order valence-corrected chi connectivity index (χ3v) is 9.27. The van der Waals surface area contributed by atoms with Crippen LogP contribution in [0.25, 0.3) is 10.9 Å². The van der Waals surface area contributed by atoms with Gasteiger partial charge in [-0.15, -0.1) is 6.42 Å². The maximum Gasteiger partial charge on any atom is 0.192 e. The fourth-order valence-electron chi connectivity index (χ4n) is 2.37. The fourth-order valence-corrected chi connectivity index (χ4v) is 3.81. The van der Waals surface area contributed by atoms with Crippen LogP contribution in [0.2, 0.25) is 18.1 Å². The van der Waals surface area contributed by atoms with Gasteiger partial charge in [0.1, 0.15) is 12.4 Å². The number of rotatable bonds is 6. The van der Waals surface area contributed by atoms with Crippen molar-refractivity contribution in [3.8, 4) is 18.1 Å². The summed E-state index contributed by atoms with van der Waals surface area (Å²) in [6.07, 6.45) is 7.23. The minimum absolute atomic E-state index is 0.101. The van der Waals surface area contributed by atoms with Crippen molar-refractivity contribution in [2.45, 2.75) is 58.5 Å². The Morgan fingerprint density at radius 3 is 2.67 bits per heavy atom. The first-order valence-corrected chi connectivity index (χ1v) is 11.2. The van der Waals surface area contributed by atoms with E-state index >= 15 is 0 Å². The molecule has 0 N–H and O–H groups in total. The first kappa shape index (κ1) is 18.6. The lowest BCUT2D eigenvalue weighted by Crippen LogP contribution is -2.44. The summed E-state index contributed by atoms with van der Waals surface area (Å²) < 4.78 is 13.9. The molecular formula is C19H28N2O2Si. The molecule has 1 heterocycles. The molecule has 0 spiro atoms.